The number of thioether (sulfide) groups is 2. The number of thiocarbonyl (C=S) groups is 1. The summed E-state index contributed by atoms with van der Waals surface area (Å²) in [6.07, 6.45) is -4.49. The van der Waals surface area contributed by atoms with Crippen molar-refractivity contribution in [1.29, 1.82) is 0 Å². The molecule has 0 radical (unpaired) electrons. The lowest BCUT2D eigenvalue weighted by atomic mass is 10.2. The molecule has 1 saturated heterocycles. The quantitative estimate of drug-likeness (QED) is 0.446. The SMILES string of the molecule is CN1/C(=C2/SC(=S)N(c3cccc(C(F)(F)F)c3)C2=O)Sc2ccccc21. The van der Waals surface area contributed by atoms with Gasteiger partial charge in [0.05, 0.1) is 22.0 Å². The minimum absolute atomic E-state index is 0.117. The summed E-state index contributed by atoms with van der Waals surface area (Å²) in [6.45, 7) is 0. The van der Waals surface area contributed by atoms with Crippen molar-refractivity contribution in [3.63, 3.8) is 0 Å². The molecule has 0 atom stereocenters. The fourth-order valence-electron chi connectivity index (χ4n) is 2.84. The van der Waals surface area contributed by atoms with Gasteiger partial charge in [0.25, 0.3) is 5.91 Å². The molecular weight excluding hydrogens is 413 g/mol. The van der Waals surface area contributed by atoms with E-state index in [-0.39, 0.29) is 10.0 Å². The molecule has 0 N–H and O–H groups in total. The van der Waals surface area contributed by atoms with Gasteiger partial charge in [0.15, 0.2) is 4.32 Å². The molecule has 2 aliphatic rings. The van der Waals surface area contributed by atoms with Crippen LogP contribution in [0.2, 0.25) is 0 Å². The van der Waals surface area contributed by atoms with Crippen molar-refractivity contribution in [2.45, 2.75) is 11.1 Å². The average molecular weight is 424 g/mol. The van der Waals surface area contributed by atoms with E-state index in [0.29, 0.717) is 4.91 Å². The number of anilines is 2. The summed E-state index contributed by atoms with van der Waals surface area (Å²) in [5.41, 5.74) is 0.273. The van der Waals surface area contributed by atoms with Crippen LogP contribution in [0.4, 0.5) is 24.5 Å². The highest BCUT2D eigenvalue weighted by Crippen LogP contribution is 2.50. The molecule has 2 aliphatic heterocycles. The zero-order chi connectivity index (χ0) is 19.3. The second-order valence-electron chi connectivity index (χ2n) is 5.82. The number of benzene rings is 2. The Morgan fingerprint density at radius 2 is 1.78 bits per heavy atom. The van der Waals surface area contributed by atoms with Crippen molar-refractivity contribution in [1.82, 2.24) is 0 Å². The molecular formula is C18H11F3N2OS3. The average Bonchev–Trinajstić information content (AvgIpc) is 3.11. The molecule has 0 aliphatic carbocycles. The molecule has 2 aromatic carbocycles. The summed E-state index contributed by atoms with van der Waals surface area (Å²) in [7, 11) is 1.85. The lowest BCUT2D eigenvalue weighted by Gasteiger charge is -2.17. The third-order valence-corrected chi connectivity index (χ3v) is 6.86. The van der Waals surface area contributed by atoms with Gasteiger partial charge in [0, 0.05) is 11.9 Å². The van der Waals surface area contributed by atoms with Gasteiger partial charge >= 0.3 is 6.18 Å². The number of amides is 1. The summed E-state index contributed by atoms with van der Waals surface area (Å²) in [5, 5.41) is 0.725. The molecule has 138 valence electrons. The van der Waals surface area contributed by atoms with E-state index in [1.54, 1.807) is 0 Å². The molecule has 2 aromatic rings. The minimum Gasteiger partial charge on any atom is -0.337 e. The number of halogens is 3. The van der Waals surface area contributed by atoms with Crippen LogP contribution in [-0.4, -0.2) is 17.3 Å². The Morgan fingerprint density at radius 3 is 2.48 bits per heavy atom. The Balaban J connectivity index is 1.72. The first kappa shape index (κ1) is 18.4. The van der Waals surface area contributed by atoms with E-state index in [0.717, 1.165) is 44.4 Å². The highest BCUT2D eigenvalue weighted by Gasteiger charge is 2.40. The molecule has 0 aromatic heterocycles. The van der Waals surface area contributed by atoms with Gasteiger partial charge in [-0.25, -0.2) is 0 Å². The first-order valence-electron chi connectivity index (χ1n) is 7.76. The topological polar surface area (TPSA) is 23.6 Å². The standard InChI is InChI=1S/C18H11F3N2OS3/c1-22-12-7-2-3-8-13(12)26-16(22)14-15(24)23(17(25)27-14)11-6-4-5-10(9-11)18(19,20)21/h2-9H,1H3/b16-14-. The van der Waals surface area contributed by atoms with E-state index in [9.17, 15) is 18.0 Å². The molecule has 1 fully saturated rings. The number of carbonyl (C=O) groups excluding carboxylic acids is 1. The molecule has 1 amide bonds. The third-order valence-electron chi connectivity index (χ3n) is 4.13. The van der Waals surface area contributed by atoms with Crippen molar-refractivity contribution < 1.29 is 18.0 Å². The van der Waals surface area contributed by atoms with Crippen LogP contribution in [0.15, 0.2) is 63.4 Å². The smallest absolute Gasteiger partial charge is 0.337 e. The van der Waals surface area contributed by atoms with E-state index in [4.69, 9.17) is 12.2 Å². The molecule has 9 heteroatoms. The van der Waals surface area contributed by atoms with Gasteiger partial charge in [-0.1, -0.05) is 53.9 Å². The van der Waals surface area contributed by atoms with Gasteiger partial charge in [-0.3, -0.25) is 9.69 Å². The van der Waals surface area contributed by atoms with Crippen molar-refractivity contribution in [3.05, 3.63) is 64.0 Å². The van der Waals surface area contributed by atoms with Crippen LogP contribution >= 0.6 is 35.7 Å². The summed E-state index contributed by atoms with van der Waals surface area (Å²) in [5.74, 6) is -0.411. The van der Waals surface area contributed by atoms with Crippen molar-refractivity contribution >= 4 is 57.3 Å². The van der Waals surface area contributed by atoms with Gasteiger partial charge in [-0.15, -0.1) is 0 Å². The van der Waals surface area contributed by atoms with Crippen LogP contribution in [0.25, 0.3) is 0 Å². The maximum absolute atomic E-state index is 13.0. The number of fused-ring (bicyclic) bond motifs is 1. The Bertz CT molecular complexity index is 1000. The number of hydrogen-bond acceptors (Lipinski definition) is 5. The first-order valence-corrected chi connectivity index (χ1v) is 9.80. The molecule has 3 nitrogen and oxygen atoms in total. The van der Waals surface area contributed by atoms with Gasteiger partial charge in [-0.05, 0) is 30.3 Å². The third kappa shape index (κ3) is 3.13. The Hall–Kier alpha value is -1.97. The van der Waals surface area contributed by atoms with Gasteiger partial charge < -0.3 is 4.90 Å². The fourth-order valence-corrected chi connectivity index (χ4v) is 5.47. The van der Waals surface area contributed by atoms with Crippen molar-refractivity contribution in [2.24, 2.45) is 0 Å². The summed E-state index contributed by atoms with van der Waals surface area (Å²) < 4.78 is 39.3. The molecule has 27 heavy (non-hydrogen) atoms. The Kier molecular flexibility index (Phi) is 4.48. The molecule has 0 bridgehead atoms. The second kappa shape index (κ2) is 6.57. The molecule has 0 unspecified atom stereocenters. The van der Waals surface area contributed by atoms with Gasteiger partial charge in [-0.2, -0.15) is 13.2 Å². The number of para-hydroxylation sites is 1. The maximum Gasteiger partial charge on any atom is 0.416 e. The predicted molar refractivity (Wildman–Crippen MR) is 107 cm³/mol. The number of rotatable bonds is 1. The molecule has 2 heterocycles. The maximum atomic E-state index is 13.0. The highest BCUT2D eigenvalue weighted by atomic mass is 32.2. The summed E-state index contributed by atoms with van der Waals surface area (Å²) in [4.78, 5) is 17.5. The minimum atomic E-state index is -4.49. The van der Waals surface area contributed by atoms with Crippen LogP contribution in [0.1, 0.15) is 5.56 Å². The highest BCUT2D eigenvalue weighted by molar-refractivity contribution is 8.27. The largest absolute Gasteiger partial charge is 0.416 e. The van der Waals surface area contributed by atoms with Crippen molar-refractivity contribution in [3.8, 4) is 0 Å². The lowest BCUT2D eigenvalue weighted by Crippen LogP contribution is -2.28. The zero-order valence-corrected chi connectivity index (χ0v) is 16.2. The number of hydrogen-bond donors (Lipinski definition) is 0. The van der Waals surface area contributed by atoms with Gasteiger partial charge in [0.2, 0.25) is 0 Å². The van der Waals surface area contributed by atoms with E-state index in [1.807, 2.05) is 36.2 Å². The molecule has 4 rings (SSSR count). The summed E-state index contributed by atoms with van der Waals surface area (Å²) >= 11 is 7.85. The number of nitrogens with zero attached hydrogens (tertiary/aromatic N) is 2. The lowest BCUT2D eigenvalue weighted by molar-refractivity contribution is -0.137. The first-order chi connectivity index (χ1) is 12.8. The normalized spacial score (nSPS) is 19.9. The van der Waals surface area contributed by atoms with Gasteiger partial charge in [0.1, 0.15) is 4.91 Å². The fraction of sp³-hybridized carbons (Fsp3) is 0.111. The van der Waals surface area contributed by atoms with Crippen LogP contribution in [0.5, 0.6) is 0 Å². The van der Waals surface area contributed by atoms with Crippen molar-refractivity contribution in [2.75, 3.05) is 16.8 Å². The number of carbonyl (C=O) groups is 1. The number of alkyl halides is 3. The van der Waals surface area contributed by atoms with Crippen LogP contribution in [-0.2, 0) is 11.0 Å². The zero-order valence-electron chi connectivity index (χ0n) is 13.8. The van der Waals surface area contributed by atoms with Crippen LogP contribution < -0.4 is 9.80 Å². The predicted octanol–water partition coefficient (Wildman–Crippen LogP) is 5.48. The Labute approximate surface area is 167 Å². The van der Waals surface area contributed by atoms with E-state index in [2.05, 4.69) is 0 Å². The summed E-state index contributed by atoms with van der Waals surface area (Å²) in [6, 6.07) is 12.4. The van der Waals surface area contributed by atoms with Crippen LogP contribution in [0, 0.1) is 0 Å². The second-order valence-corrected chi connectivity index (χ2v) is 8.49. The van der Waals surface area contributed by atoms with E-state index < -0.39 is 17.6 Å². The van der Waals surface area contributed by atoms with Crippen LogP contribution in [0.3, 0.4) is 0 Å². The monoisotopic (exact) mass is 424 g/mol. The van der Waals surface area contributed by atoms with E-state index >= 15 is 0 Å². The molecule has 0 spiro atoms. The van der Waals surface area contributed by atoms with E-state index in [1.165, 1.54) is 23.9 Å². The Morgan fingerprint density at radius 1 is 1.04 bits per heavy atom. The molecule has 0 saturated carbocycles.